The molecule has 0 aromatic heterocycles. The molecule has 0 radical (unpaired) electrons. The van der Waals surface area contributed by atoms with Gasteiger partial charge >= 0.3 is 5.97 Å². The summed E-state index contributed by atoms with van der Waals surface area (Å²) in [6, 6.07) is 4.92. The molecule has 1 aliphatic rings. The lowest BCUT2D eigenvalue weighted by atomic mass is 9.87. The molecular formula is C15H21NO4S. The van der Waals surface area contributed by atoms with Gasteiger partial charge in [-0.05, 0) is 49.9 Å². The minimum absolute atomic E-state index is 0.0441. The minimum atomic E-state index is -3.67. The van der Waals surface area contributed by atoms with Gasteiger partial charge in [0.25, 0.3) is 0 Å². The topological polar surface area (TPSA) is 83.5 Å². The maximum atomic E-state index is 12.3. The number of carboxylic acids is 1. The van der Waals surface area contributed by atoms with Gasteiger partial charge in [-0.2, -0.15) is 0 Å². The van der Waals surface area contributed by atoms with Crippen LogP contribution >= 0.6 is 0 Å². The average molecular weight is 311 g/mol. The molecule has 0 atom stereocenters. The first kappa shape index (κ1) is 16.0. The average Bonchev–Trinajstić information content (AvgIpc) is 2.90. The molecule has 21 heavy (non-hydrogen) atoms. The zero-order valence-electron chi connectivity index (χ0n) is 12.3. The highest BCUT2D eigenvalue weighted by atomic mass is 32.2. The maximum absolute atomic E-state index is 12.3. The zero-order chi connectivity index (χ0) is 15.7. The van der Waals surface area contributed by atoms with Crippen LogP contribution in [0.1, 0.15) is 36.8 Å². The highest BCUT2D eigenvalue weighted by Gasteiger charge is 2.42. The second-order valence-electron chi connectivity index (χ2n) is 5.86. The van der Waals surface area contributed by atoms with E-state index >= 15 is 0 Å². The molecule has 0 saturated heterocycles. The smallest absolute Gasteiger partial charge is 0.310 e. The predicted octanol–water partition coefficient (Wildman–Crippen LogP) is 2.23. The first-order valence-electron chi connectivity index (χ1n) is 7.07. The van der Waals surface area contributed by atoms with E-state index in [-0.39, 0.29) is 11.4 Å². The number of carboxylic acid groups (broad SMARTS) is 1. The SMILES string of the molecule is Cc1ccc(S(=O)(=O)NCC2(C(=O)O)CCCC2)cc1C. The van der Waals surface area contributed by atoms with Crippen molar-refractivity contribution in [1.29, 1.82) is 0 Å². The highest BCUT2D eigenvalue weighted by molar-refractivity contribution is 7.89. The molecule has 1 aromatic rings. The third kappa shape index (κ3) is 3.27. The lowest BCUT2D eigenvalue weighted by molar-refractivity contribution is -0.148. The van der Waals surface area contributed by atoms with Gasteiger partial charge in [0, 0.05) is 6.54 Å². The standard InChI is InChI=1S/C15H21NO4S/c1-11-5-6-13(9-12(11)2)21(19,20)16-10-15(14(17)18)7-3-4-8-15/h5-6,9,16H,3-4,7-8,10H2,1-2H3,(H,17,18). The van der Waals surface area contributed by atoms with E-state index in [1.807, 2.05) is 13.8 Å². The number of sulfonamides is 1. The summed E-state index contributed by atoms with van der Waals surface area (Å²) >= 11 is 0. The predicted molar refractivity (Wildman–Crippen MR) is 79.6 cm³/mol. The first-order chi connectivity index (χ1) is 9.77. The van der Waals surface area contributed by atoms with Crippen LogP contribution < -0.4 is 4.72 Å². The number of aryl methyl sites for hydroxylation is 2. The molecule has 6 heteroatoms. The van der Waals surface area contributed by atoms with E-state index < -0.39 is 21.4 Å². The number of aliphatic carboxylic acids is 1. The Hall–Kier alpha value is -1.40. The molecule has 0 aliphatic heterocycles. The Morgan fingerprint density at radius 3 is 2.38 bits per heavy atom. The molecule has 0 unspecified atom stereocenters. The molecular weight excluding hydrogens is 290 g/mol. The summed E-state index contributed by atoms with van der Waals surface area (Å²) in [5.74, 6) is -0.914. The summed E-state index contributed by atoms with van der Waals surface area (Å²) in [5.41, 5.74) is 0.964. The van der Waals surface area contributed by atoms with E-state index in [4.69, 9.17) is 0 Å². The molecule has 116 valence electrons. The van der Waals surface area contributed by atoms with E-state index in [1.165, 1.54) is 0 Å². The van der Waals surface area contributed by atoms with Crippen molar-refractivity contribution in [3.05, 3.63) is 29.3 Å². The lowest BCUT2D eigenvalue weighted by Crippen LogP contribution is -2.41. The van der Waals surface area contributed by atoms with Crippen molar-refractivity contribution < 1.29 is 18.3 Å². The summed E-state index contributed by atoms with van der Waals surface area (Å²) in [6.45, 7) is 3.72. The van der Waals surface area contributed by atoms with Crippen molar-refractivity contribution >= 4 is 16.0 Å². The van der Waals surface area contributed by atoms with Crippen molar-refractivity contribution in [3.63, 3.8) is 0 Å². The Kier molecular flexibility index (Phi) is 4.39. The molecule has 2 rings (SSSR count). The number of hydrogen-bond acceptors (Lipinski definition) is 3. The molecule has 0 spiro atoms. The maximum Gasteiger partial charge on any atom is 0.310 e. The molecule has 1 aromatic carbocycles. The van der Waals surface area contributed by atoms with Gasteiger partial charge in [0.1, 0.15) is 0 Å². The van der Waals surface area contributed by atoms with E-state index in [9.17, 15) is 18.3 Å². The Morgan fingerprint density at radius 2 is 1.86 bits per heavy atom. The van der Waals surface area contributed by atoms with Gasteiger partial charge in [0.05, 0.1) is 10.3 Å². The van der Waals surface area contributed by atoms with Crippen molar-refractivity contribution in [3.8, 4) is 0 Å². The molecule has 2 N–H and O–H groups in total. The monoisotopic (exact) mass is 311 g/mol. The second-order valence-corrected chi connectivity index (χ2v) is 7.63. The van der Waals surface area contributed by atoms with Crippen molar-refractivity contribution in [2.75, 3.05) is 6.54 Å². The summed E-state index contributed by atoms with van der Waals surface area (Å²) in [7, 11) is -3.67. The molecule has 1 fully saturated rings. The fraction of sp³-hybridized carbons (Fsp3) is 0.533. The van der Waals surface area contributed by atoms with Gasteiger partial charge in [-0.3, -0.25) is 4.79 Å². The van der Waals surface area contributed by atoms with Crippen LogP contribution in [0.15, 0.2) is 23.1 Å². The van der Waals surface area contributed by atoms with Gasteiger partial charge < -0.3 is 5.11 Å². The lowest BCUT2D eigenvalue weighted by Gasteiger charge is -2.24. The largest absolute Gasteiger partial charge is 0.481 e. The normalized spacial score (nSPS) is 17.8. The van der Waals surface area contributed by atoms with E-state index in [0.29, 0.717) is 12.8 Å². The Labute approximate surface area is 125 Å². The van der Waals surface area contributed by atoms with Crippen molar-refractivity contribution in [2.24, 2.45) is 5.41 Å². The molecule has 5 nitrogen and oxygen atoms in total. The van der Waals surface area contributed by atoms with E-state index in [2.05, 4.69) is 4.72 Å². The summed E-state index contributed by atoms with van der Waals surface area (Å²) in [6.07, 6.45) is 2.71. The van der Waals surface area contributed by atoms with Crippen LogP contribution in [0, 0.1) is 19.3 Å². The summed E-state index contributed by atoms with van der Waals surface area (Å²) < 4.78 is 27.1. The van der Waals surface area contributed by atoms with Crippen LogP contribution in [0.5, 0.6) is 0 Å². The third-order valence-electron chi connectivity index (χ3n) is 4.40. The van der Waals surface area contributed by atoms with Gasteiger partial charge in [-0.15, -0.1) is 0 Å². The van der Waals surface area contributed by atoms with Crippen molar-refractivity contribution in [2.45, 2.75) is 44.4 Å². The van der Waals surface area contributed by atoms with Crippen LogP contribution in [-0.2, 0) is 14.8 Å². The number of hydrogen-bond donors (Lipinski definition) is 2. The number of benzene rings is 1. The fourth-order valence-corrected chi connectivity index (χ4v) is 3.93. The van der Waals surface area contributed by atoms with Gasteiger partial charge in [-0.1, -0.05) is 18.9 Å². The van der Waals surface area contributed by atoms with E-state index in [1.54, 1.807) is 18.2 Å². The number of carbonyl (C=O) groups is 1. The van der Waals surface area contributed by atoms with Crippen LogP contribution in [0.2, 0.25) is 0 Å². The van der Waals surface area contributed by atoms with Crippen LogP contribution in [0.25, 0.3) is 0 Å². The van der Waals surface area contributed by atoms with Gasteiger partial charge in [0.2, 0.25) is 10.0 Å². The molecule has 1 aliphatic carbocycles. The van der Waals surface area contributed by atoms with Crippen LogP contribution in [-0.4, -0.2) is 26.0 Å². The molecule has 0 bridgehead atoms. The quantitative estimate of drug-likeness (QED) is 0.873. The van der Waals surface area contributed by atoms with Crippen LogP contribution in [0.4, 0.5) is 0 Å². The van der Waals surface area contributed by atoms with Gasteiger partial charge in [-0.25, -0.2) is 13.1 Å². The summed E-state index contributed by atoms with van der Waals surface area (Å²) in [5, 5.41) is 9.38. The molecule has 0 amide bonds. The third-order valence-corrected chi connectivity index (χ3v) is 5.80. The second kappa shape index (κ2) is 5.77. The molecule has 1 saturated carbocycles. The number of nitrogens with one attached hydrogen (secondary N) is 1. The Balaban J connectivity index is 2.17. The zero-order valence-corrected chi connectivity index (χ0v) is 13.2. The molecule has 0 heterocycles. The summed E-state index contributed by atoms with van der Waals surface area (Å²) in [4.78, 5) is 11.6. The first-order valence-corrected chi connectivity index (χ1v) is 8.55. The highest BCUT2D eigenvalue weighted by Crippen LogP contribution is 2.38. The number of rotatable bonds is 5. The van der Waals surface area contributed by atoms with Crippen LogP contribution in [0.3, 0.4) is 0 Å². The Bertz CT molecular complexity index is 646. The minimum Gasteiger partial charge on any atom is -0.481 e. The van der Waals surface area contributed by atoms with Crippen molar-refractivity contribution in [1.82, 2.24) is 4.72 Å². The van der Waals surface area contributed by atoms with E-state index in [0.717, 1.165) is 24.0 Å². The fourth-order valence-electron chi connectivity index (χ4n) is 2.72. The Morgan fingerprint density at radius 1 is 1.24 bits per heavy atom. The van der Waals surface area contributed by atoms with Gasteiger partial charge in [0.15, 0.2) is 0 Å².